The van der Waals surface area contributed by atoms with Gasteiger partial charge < -0.3 is 4.98 Å². The van der Waals surface area contributed by atoms with Crippen LogP contribution in [0.4, 0.5) is 0 Å². The molecule has 1 N–H and O–H groups in total. The molecule has 2 rings (SSSR count). The highest BCUT2D eigenvalue weighted by Gasteiger charge is 2.25. The molecule has 0 saturated heterocycles. The number of hydrogen-bond donors (Lipinski definition) is 1. The van der Waals surface area contributed by atoms with Gasteiger partial charge in [0.05, 0.1) is 0 Å². The van der Waals surface area contributed by atoms with E-state index < -0.39 is 0 Å². The van der Waals surface area contributed by atoms with Crippen molar-refractivity contribution in [2.75, 3.05) is 0 Å². The summed E-state index contributed by atoms with van der Waals surface area (Å²) in [7, 11) is 0. The minimum Gasteiger partial charge on any atom is -0.326 e. The maximum Gasteiger partial charge on any atom is 0.248 e. The van der Waals surface area contributed by atoms with E-state index in [0.29, 0.717) is 5.41 Å². The summed E-state index contributed by atoms with van der Waals surface area (Å²) in [5.41, 5.74) is 2.83. The molecule has 0 bridgehead atoms. The topological polar surface area (TPSA) is 32.9 Å². The molecule has 0 spiro atoms. The van der Waals surface area contributed by atoms with Gasteiger partial charge in [-0.1, -0.05) is 19.9 Å². The monoisotopic (exact) mass is 177 g/mol. The number of hydrogen-bond acceptors (Lipinski definition) is 1. The van der Waals surface area contributed by atoms with Crippen molar-refractivity contribution >= 4 is 0 Å². The Balaban J connectivity index is 2.44. The van der Waals surface area contributed by atoms with Crippen molar-refractivity contribution in [2.24, 2.45) is 5.41 Å². The summed E-state index contributed by atoms with van der Waals surface area (Å²) in [6, 6.07) is 3.58. The summed E-state index contributed by atoms with van der Waals surface area (Å²) in [5.74, 6) is 0. The van der Waals surface area contributed by atoms with Crippen LogP contribution in [0.15, 0.2) is 16.9 Å². The van der Waals surface area contributed by atoms with Crippen LogP contribution in [0.3, 0.4) is 0 Å². The van der Waals surface area contributed by atoms with Gasteiger partial charge in [-0.2, -0.15) is 0 Å². The van der Waals surface area contributed by atoms with E-state index in [4.69, 9.17) is 0 Å². The summed E-state index contributed by atoms with van der Waals surface area (Å²) in [6.45, 7) is 4.50. The molecule has 0 saturated carbocycles. The minimum atomic E-state index is 0.0245. The molecule has 0 amide bonds. The lowest BCUT2D eigenvalue weighted by atomic mass is 9.76. The lowest BCUT2D eigenvalue weighted by molar-refractivity contribution is 0.310. The quantitative estimate of drug-likeness (QED) is 0.645. The van der Waals surface area contributed by atoms with Crippen molar-refractivity contribution in [1.82, 2.24) is 4.98 Å². The Hall–Kier alpha value is -1.05. The van der Waals surface area contributed by atoms with Crippen LogP contribution in [0.2, 0.25) is 0 Å². The van der Waals surface area contributed by atoms with Crippen LogP contribution in [0.1, 0.15) is 31.5 Å². The third-order valence-electron chi connectivity index (χ3n) is 2.82. The molecule has 1 heterocycles. The third-order valence-corrected chi connectivity index (χ3v) is 2.82. The van der Waals surface area contributed by atoms with Gasteiger partial charge in [-0.05, 0) is 30.2 Å². The molecule has 0 radical (unpaired) electrons. The van der Waals surface area contributed by atoms with E-state index in [2.05, 4.69) is 18.8 Å². The number of aromatic nitrogens is 1. The number of fused-ring (bicyclic) bond motifs is 1. The van der Waals surface area contributed by atoms with E-state index >= 15 is 0 Å². The van der Waals surface area contributed by atoms with Crippen LogP contribution >= 0.6 is 0 Å². The highest BCUT2D eigenvalue weighted by Crippen LogP contribution is 2.32. The highest BCUT2D eigenvalue weighted by molar-refractivity contribution is 5.23. The molecule has 70 valence electrons. The summed E-state index contributed by atoms with van der Waals surface area (Å²) in [5, 5.41) is 0. The summed E-state index contributed by atoms with van der Waals surface area (Å²) in [4.78, 5) is 14.0. The van der Waals surface area contributed by atoms with Crippen LogP contribution in [0, 0.1) is 5.41 Å². The minimum absolute atomic E-state index is 0.0245. The molecule has 1 aliphatic rings. The van der Waals surface area contributed by atoms with Crippen LogP contribution in [-0.4, -0.2) is 4.98 Å². The standard InChI is InChI=1S/C11H15NO/c1-11(2)6-5-8-3-4-10(13)12-9(8)7-11/h3-4H,5-7H2,1-2H3,(H,12,13). The first-order valence-corrected chi connectivity index (χ1v) is 4.78. The van der Waals surface area contributed by atoms with Gasteiger partial charge in [0.2, 0.25) is 5.56 Å². The second-order valence-electron chi connectivity index (χ2n) is 4.67. The fraction of sp³-hybridized carbons (Fsp3) is 0.545. The van der Waals surface area contributed by atoms with Crippen LogP contribution < -0.4 is 5.56 Å². The maximum atomic E-state index is 11.1. The predicted molar refractivity (Wildman–Crippen MR) is 52.9 cm³/mol. The lowest BCUT2D eigenvalue weighted by Crippen LogP contribution is -2.25. The fourth-order valence-corrected chi connectivity index (χ4v) is 1.98. The number of aryl methyl sites for hydroxylation is 1. The van der Waals surface area contributed by atoms with Gasteiger partial charge in [-0.25, -0.2) is 0 Å². The van der Waals surface area contributed by atoms with Gasteiger partial charge in [0.25, 0.3) is 0 Å². The Morgan fingerprint density at radius 1 is 1.38 bits per heavy atom. The van der Waals surface area contributed by atoms with Crippen molar-refractivity contribution in [1.29, 1.82) is 0 Å². The second-order valence-corrected chi connectivity index (χ2v) is 4.67. The smallest absolute Gasteiger partial charge is 0.248 e. The molecular formula is C11H15NO. The molecular weight excluding hydrogens is 162 g/mol. The number of H-pyrrole nitrogens is 1. The van der Waals surface area contributed by atoms with Crippen molar-refractivity contribution in [2.45, 2.75) is 33.1 Å². The van der Waals surface area contributed by atoms with Crippen LogP contribution in [0.5, 0.6) is 0 Å². The van der Waals surface area contributed by atoms with Crippen molar-refractivity contribution < 1.29 is 0 Å². The number of aromatic amines is 1. The molecule has 2 heteroatoms. The molecule has 1 aromatic rings. The van der Waals surface area contributed by atoms with Crippen molar-refractivity contribution in [3.8, 4) is 0 Å². The van der Waals surface area contributed by atoms with E-state index in [1.807, 2.05) is 6.07 Å². The molecule has 13 heavy (non-hydrogen) atoms. The van der Waals surface area contributed by atoms with E-state index in [-0.39, 0.29) is 5.56 Å². The molecule has 1 aliphatic carbocycles. The predicted octanol–water partition coefficient (Wildman–Crippen LogP) is 1.89. The zero-order chi connectivity index (χ0) is 9.47. The second kappa shape index (κ2) is 2.72. The SMILES string of the molecule is CC1(C)CCc2ccc(=O)[nH]c2C1. The Morgan fingerprint density at radius 2 is 2.15 bits per heavy atom. The summed E-state index contributed by atoms with van der Waals surface area (Å²) < 4.78 is 0. The average molecular weight is 177 g/mol. The summed E-state index contributed by atoms with van der Waals surface area (Å²) >= 11 is 0. The van der Waals surface area contributed by atoms with E-state index in [9.17, 15) is 4.79 Å². The van der Waals surface area contributed by atoms with Gasteiger partial charge in [-0.3, -0.25) is 4.79 Å². The largest absolute Gasteiger partial charge is 0.326 e. The highest BCUT2D eigenvalue weighted by atomic mass is 16.1. The molecule has 1 aromatic heterocycles. The molecule has 0 aliphatic heterocycles. The maximum absolute atomic E-state index is 11.1. The third kappa shape index (κ3) is 1.67. The van der Waals surface area contributed by atoms with Crippen molar-refractivity contribution in [3.63, 3.8) is 0 Å². The fourth-order valence-electron chi connectivity index (χ4n) is 1.98. The zero-order valence-electron chi connectivity index (χ0n) is 8.18. The van der Waals surface area contributed by atoms with E-state index in [1.165, 1.54) is 12.0 Å². The molecule has 0 atom stereocenters. The number of rotatable bonds is 0. The first-order valence-electron chi connectivity index (χ1n) is 4.78. The normalized spacial score (nSPS) is 19.5. The van der Waals surface area contributed by atoms with Gasteiger partial charge in [0, 0.05) is 11.8 Å². The Kier molecular flexibility index (Phi) is 1.79. The zero-order valence-corrected chi connectivity index (χ0v) is 8.18. The Bertz CT molecular complexity index is 376. The lowest BCUT2D eigenvalue weighted by Gasteiger charge is -2.30. The average Bonchev–Trinajstić information content (AvgIpc) is 2.01. The van der Waals surface area contributed by atoms with Crippen molar-refractivity contribution in [3.05, 3.63) is 33.7 Å². The number of pyridine rings is 1. The van der Waals surface area contributed by atoms with Gasteiger partial charge in [0.1, 0.15) is 0 Å². The van der Waals surface area contributed by atoms with Crippen LogP contribution in [0.25, 0.3) is 0 Å². The van der Waals surface area contributed by atoms with Gasteiger partial charge in [-0.15, -0.1) is 0 Å². The van der Waals surface area contributed by atoms with E-state index in [0.717, 1.165) is 18.5 Å². The Morgan fingerprint density at radius 3 is 2.92 bits per heavy atom. The first kappa shape index (κ1) is 8.54. The molecule has 2 nitrogen and oxygen atoms in total. The molecule has 0 aromatic carbocycles. The van der Waals surface area contributed by atoms with Gasteiger partial charge in [0.15, 0.2) is 0 Å². The first-order chi connectivity index (χ1) is 6.07. The van der Waals surface area contributed by atoms with Gasteiger partial charge >= 0.3 is 0 Å². The van der Waals surface area contributed by atoms with E-state index in [1.54, 1.807) is 6.07 Å². The molecule has 0 unspecified atom stereocenters. The summed E-state index contributed by atoms with van der Waals surface area (Å²) in [6.07, 6.45) is 3.31. The Labute approximate surface area is 78.0 Å². The van der Waals surface area contributed by atoms with Crippen LogP contribution in [-0.2, 0) is 12.8 Å². The number of nitrogens with one attached hydrogen (secondary N) is 1. The molecule has 0 fully saturated rings.